The van der Waals surface area contributed by atoms with Gasteiger partial charge in [0.2, 0.25) is 0 Å². The van der Waals surface area contributed by atoms with Crippen molar-refractivity contribution in [1.82, 2.24) is 20.6 Å². The molecule has 7 nitrogen and oxygen atoms in total. The molecule has 2 heterocycles. The van der Waals surface area contributed by atoms with Crippen molar-refractivity contribution in [1.29, 1.82) is 0 Å². The molecule has 29 heavy (non-hydrogen) atoms. The van der Waals surface area contributed by atoms with Gasteiger partial charge in [-0.25, -0.2) is 0 Å². The summed E-state index contributed by atoms with van der Waals surface area (Å²) in [6, 6.07) is 14.4. The Hall–Kier alpha value is -3.74. The van der Waals surface area contributed by atoms with Crippen molar-refractivity contribution in [2.45, 2.75) is 13.0 Å². The van der Waals surface area contributed by atoms with E-state index in [0.717, 1.165) is 16.9 Å². The molecule has 2 aromatic heterocycles. The fraction of sp³-hybridized carbons (Fsp3) is 0.182. The van der Waals surface area contributed by atoms with Crippen molar-refractivity contribution in [2.24, 2.45) is 0 Å². The number of pyridine rings is 2. The van der Waals surface area contributed by atoms with Gasteiger partial charge in [0.1, 0.15) is 11.4 Å². The lowest BCUT2D eigenvalue weighted by Crippen LogP contribution is -2.27. The van der Waals surface area contributed by atoms with Crippen LogP contribution in [0.4, 0.5) is 0 Å². The SMILES string of the molecule is COc1cccc(CCNC(=O)c2cc(C(=O)NCc3ccncc3)ccn2)c1. The minimum atomic E-state index is -0.323. The summed E-state index contributed by atoms with van der Waals surface area (Å²) in [6.45, 7) is 0.831. The standard InChI is InChI=1S/C22H22N4O3/c1-29-19-4-2-3-16(13-19)7-11-25-22(28)20-14-18(8-12-24-20)21(27)26-15-17-5-9-23-10-6-17/h2-6,8-10,12-14H,7,11,15H2,1H3,(H,25,28)(H,26,27). The van der Waals surface area contributed by atoms with Crippen molar-refractivity contribution in [3.63, 3.8) is 0 Å². The number of rotatable bonds is 8. The van der Waals surface area contributed by atoms with Gasteiger partial charge in [-0.1, -0.05) is 12.1 Å². The lowest BCUT2D eigenvalue weighted by atomic mass is 10.1. The van der Waals surface area contributed by atoms with Gasteiger partial charge in [-0.05, 0) is 53.9 Å². The van der Waals surface area contributed by atoms with Gasteiger partial charge in [0, 0.05) is 37.2 Å². The van der Waals surface area contributed by atoms with Crippen molar-refractivity contribution < 1.29 is 14.3 Å². The number of benzene rings is 1. The Bertz CT molecular complexity index is 977. The molecule has 0 saturated carbocycles. The zero-order chi connectivity index (χ0) is 20.5. The first-order valence-corrected chi connectivity index (χ1v) is 9.20. The quantitative estimate of drug-likeness (QED) is 0.616. The Morgan fingerprint density at radius 2 is 1.76 bits per heavy atom. The van der Waals surface area contributed by atoms with Gasteiger partial charge in [-0.15, -0.1) is 0 Å². The first kappa shape index (κ1) is 20.0. The van der Waals surface area contributed by atoms with Gasteiger partial charge in [0.15, 0.2) is 0 Å². The van der Waals surface area contributed by atoms with E-state index in [1.165, 1.54) is 12.3 Å². The normalized spacial score (nSPS) is 10.2. The number of ether oxygens (including phenoxy) is 1. The van der Waals surface area contributed by atoms with Crippen LogP contribution >= 0.6 is 0 Å². The lowest BCUT2D eigenvalue weighted by molar-refractivity contribution is 0.0949. The maximum absolute atomic E-state index is 12.4. The van der Waals surface area contributed by atoms with Crippen LogP contribution in [0.15, 0.2) is 67.1 Å². The van der Waals surface area contributed by atoms with E-state index in [4.69, 9.17) is 4.74 Å². The second-order valence-electron chi connectivity index (χ2n) is 6.33. The molecule has 0 spiro atoms. The summed E-state index contributed by atoms with van der Waals surface area (Å²) >= 11 is 0. The Labute approximate surface area is 169 Å². The van der Waals surface area contributed by atoms with Crippen molar-refractivity contribution in [2.75, 3.05) is 13.7 Å². The largest absolute Gasteiger partial charge is 0.497 e. The van der Waals surface area contributed by atoms with Crippen molar-refractivity contribution >= 4 is 11.8 Å². The van der Waals surface area contributed by atoms with Crippen LogP contribution < -0.4 is 15.4 Å². The lowest BCUT2D eigenvalue weighted by Gasteiger charge is -2.08. The van der Waals surface area contributed by atoms with E-state index < -0.39 is 0 Å². The second-order valence-corrected chi connectivity index (χ2v) is 6.33. The smallest absolute Gasteiger partial charge is 0.269 e. The van der Waals surface area contributed by atoms with Gasteiger partial charge in [-0.3, -0.25) is 19.6 Å². The molecule has 1 aromatic carbocycles. The van der Waals surface area contributed by atoms with E-state index in [1.54, 1.807) is 25.6 Å². The summed E-state index contributed by atoms with van der Waals surface area (Å²) < 4.78 is 5.20. The van der Waals surface area contributed by atoms with E-state index in [-0.39, 0.29) is 17.5 Å². The molecule has 0 fully saturated rings. The third-order valence-electron chi connectivity index (χ3n) is 4.29. The summed E-state index contributed by atoms with van der Waals surface area (Å²) in [5, 5.41) is 5.65. The molecule has 0 aliphatic heterocycles. The highest BCUT2D eigenvalue weighted by Gasteiger charge is 2.11. The fourth-order valence-electron chi connectivity index (χ4n) is 2.72. The fourth-order valence-corrected chi connectivity index (χ4v) is 2.72. The number of carbonyl (C=O) groups excluding carboxylic acids is 2. The highest BCUT2D eigenvalue weighted by Crippen LogP contribution is 2.12. The molecule has 2 amide bonds. The van der Waals surface area contributed by atoms with Crippen LogP contribution in [0.1, 0.15) is 32.0 Å². The molecular weight excluding hydrogens is 368 g/mol. The predicted molar refractivity (Wildman–Crippen MR) is 109 cm³/mol. The van der Waals surface area contributed by atoms with Crippen LogP contribution in [-0.4, -0.2) is 35.4 Å². The molecule has 0 atom stereocenters. The average Bonchev–Trinajstić information content (AvgIpc) is 2.78. The Kier molecular flexibility index (Phi) is 6.89. The summed E-state index contributed by atoms with van der Waals surface area (Å²) in [6.07, 6.45) is 5.46. The number of aromatic nitrogens is 2. The molecule has 2 N–H and O–H groups in total. The second kappa shape index (κ2) is 9.98. The van der Waals surface area contributed by atoms with E-state index in [2.05, 4.69) is 20.6 Å². The molecular formula is C22H22N4O3. The van der Waals surface area contributed by atoms with Crippen LogP contribution in [0.5, 0.6) is 5.75 Å². The summed E-state index contributed by atoms with van der Waals surface area (Å²) in [4.78, 5) is 32.7. The van der Waals surface area contributed by atoms with Crippen LogP contribution in [0.2, 0.25) is 0 Å². The highest BCUT2D eigenvalue weighted by atomic mass is 16.5. The Morgan fingerprint density at radius 1 is 0.931 bits per heavy atom. The molecule has 0 saturated heterocycles. The van der Waals surface area contributed by atoms with Gasteiger partial charge in [0.05, 0.1) is 7.11 Å². The summed E-state index contributed by atoms with van der Waals surface area (Å²) in [7, 11) is 1.62. The highest BCUT2D eigenvalue weighted by molar-refractivity contribution is 5.98. The van der Waals surface area contributed by atoms with Crippen LogP contribution in [0, 0.1) is 0 Å². The minimum Gasteiger partial charge on any atom is -0.497 e. The molecule has 0 radical (unpaired) electrons. The average molecular weight is 390 g/mol. The minimum absolute atomic E-state index is 0.201. The zero-order valence-electron chi connectivity index (χ0n) is 16.1. The van der Waals surface area contributed by atoms with E-state index in [0.29, 0.717) is 25.1 Å². The maximum atomic E-state index is 12.4. The number of methoxy groups -OCH3 is 1. The first-order valence-electron chi connectivity index (χ1n) is 9.20. The molecule has 0 aliphatic carbocycles. The van der Waals surface area contributed by atoms with E-state index >= 15 is 0 Å². The summed E-state index contributed by atoms with van der Waals surface area (Å²) in [5.74, 6) is 0.187. The number of nitrogens with one attached hydrogen (secondary N) is 2. The van der Waals surface area contributed by atoms with Crippen molar-refractivity contribution in [3.8, 4) is 5.75 Å². The van der Waals surface area contributed by atoms with Crippen LogP contribution in [0.25, 0.3) is 0 Å². The molecule has 148 valence electrons. The number of carbonyl (C=O) groups is 2. The number of amides is 2. The number of hydrogen-bond acceptors (Lipinski definition) is 5. The van der Waals surface area contributed by atoms with Crippen molar-refractivity contribution in [3.05, 3.63) is 89.5 Å². The van der Waals surface area contributed by atoms with Gasteiger partial charge >= 0.3 is 0 Å². The van der Waals surface area contributed by atoms with Crippen LogP contribution in [0.3, 0.4) is 0 Å². The molecule has 0 bridgehead atoms. The first-order chi connectivity index (χ1) is 14.2. The summed E-state index contributed by atoms with van der Waals surface area (Å²) in [5.41, 5.74) is 2.58. The van der Waals surface area contributed by atoms with E-state index in [1.807, 2.05) is 36.4 Å². The maximum Gasteiger partial charge on any atom is 0.269 e. The third-order valence-corrected chi connectivity index (χ3v) is 4.29. The Balaban J connectivity index is 1.53. The zero-order valence-corrected chi connectivity index (χ0v) is 16.1. The molecule has 3 rings (SSSR count). The molecule has 7 heteroatoms. The topological polar surface area (TPSA) is 93.2 Å². The third kappa shape index (κ3) is 5.87. The molecule has 3 aromatic rings. The van der Waals surface area contributed by atoms with E-state index in [9.17, 15) is 9.59 Å². The van der Waals surface area contributed by atoms with Gasteiger partial charge < -0.3 is 15.4 Å². The van der Waals surface area contributed by atoms with Crippen LogP contribution in [-0.2, 0) is 13.0 Å². The Morgan fingerprint density at radius 3 is 2.55 bits per heavy atom. The van der Waals surface area contributed by atoms with Gasteiger partial charge in [-0.2, -0.15) is 0 Å². The van der Waals surface area contributed by atoms with Gasteiger partial charge in [0.25, 0.3) is 11.8 Å². The molecule has 0 aliphatic rings. The predicted octanol–water partition coefficient (Wildman–Crippen LogP) is 2.39. The number of nitrogens with zero attached hydrogens (tertiary/aromatic N) is 2. The monoisotopic (exact) mass is 390 g/mol. The number of hydrogen-bond donors (Lipinski definition) is 2. The molecule has 0 unspecified atom stereocenters.